The van der Waals surface area contributed by atoms with Crippen LogP contribution in [0.15, 0.2) is 5.16 Å². The van der Waals surface area contributed by atoms with E-state index >= 15 is 0 Å². The topological polar surface area (TPSA) is 87.7 Å². The normalized spacial score (nSPS) is 27.2. The van der Waals surface area contributed by atoms with E-state index < -0.39 is 5.92 Å². The van der Waals surface area contributed by atoms with Gasteiger partial charge in [0.1, 0.15) is 0 Å². The van der Waals surface area contributed by atoms with Gasteiger partial charge in [-0.25, -0.2) is 0 Å². The van der Waals surface area contributed by atoms with Gasteiger partial charge in [-0.2, -0.15) is 0 Å². The number of nitrogens with zero attached hydrogens (tertiary/aromatic N) is 1. The van der Waals surface area contributed by atoms with Crippen molar-refractivity contribution >= 4 is 11.7 Å². The molecule has 4 N–H and O–H groups in total. The number of hydrogen-bond acceptors (Lipinski definition) is 3. The quantitative estimate of drug-likeness (QED) is 0.271. The highest BCUT2D eigenvalue weighted by Gasteiger charge is 2.38. The first kappa shape index (κ1) is 11.8. The highest BCUT2D eigenvalue weighted by molar-refractivity contribution is 6.02. The van der Waals surface area contributed by atoms with Crippen molar-refractivity contribution in [2.75, 3.05) is 0 Å². The minimum atomic E-state index is -0.506. The maximum atomic E-state index is 11.7. The molecule has 5 nitrogen and oxygen atoms in total. The molecule has 1 rings (SSSR count). The first-order chi connectivity index (χ1) is 7.13. The van der Waals surface area contributed by atoms with Crippen LogP contribution >= 0.6 is 0 Å². The molecule has 86 valence electrons. The summed E-state index contributed by atoms with van der Waals surface area (Å²) in [7, 11) is 0. The fraction of sp³-hybridized carbons (Fsp3) is 0.800. The van der Waals surface area contributed by atoms with Crippen molar-refractivity contribution in [2.24, 2.45) is 22.7 Å². The number of amides is 1. The van der Waals surface area contributed by atoms with Gasteiger partial charge in [-0.05, 0) is 18.8 Å². The molecule has 0 heterocycles. The second kappa shape index (κ2) is 5.00. The smallest absolute Gasteiger partial charge is 0.231 e. The van der Waals surface area contributed by atoms with Crippen LogP contribution in [-0.2, 0) is 4.79 Å². The van der Waals surface area contributed by atoms with Gasteiger partial charge in [-0.3, -0.25) is 4.79 Å². The van der Waals surface area contributed by atoms with Crippen molar-refractivity contribution in [1.82, 2.24) is 5.32 Å². The fourth-order valence-electron chi connectivity index (χ4n) is 1.76. The molecule has 5 heteroatoms. The summed E-state index contributed by atoms with van der Waals surface area (Å²) >= 11 is 0. The second-order valence-corrected chi connectivity index (χ2v) is 4.00. The summed E-state index contributed by atoms with van der Waals surface area (Å²) in [5.41, 5.74) is 5.43. The van der Waals surface area contributed by atoms with Crippen molar-refractivity contribution < 1.29 is 10.0 Å². The molecule has 3 atom stereocenters. The summed E-state index contributed by atoms with van der Waals surface area (Å²) < 4.78 is 0. The van der Waals surface area contributed by atoms with Gasteiger partial charge in [0.25, 0.3) is 0 Å². The Kier molecular flexibility index (Phi) is 3.94. The Bertz CT molecular complexity index is 265. The lowest BCUT2D eigenvalue weighted by Gasteiger charge is -2.13. The van der Waals surface area contributed by atoms with E-state index in [0.29, 0.717) is 18.4 Å². The first-order valence-electron chi connectivity index (χ1n) is 5.41. The molecule has 0 aromatic carbocycles. The predicted octanol–water partition coefficient (Wildman–Crippen LogP) is 0.674. The number of carbonyl (C=O) groups excluding carboxylic acids is 1. The zero-order valence-corrected chi connectivity index (χ0v) is 9.23. The van der Waals surface area contributed by atoms with Crippen LogP contribution in [0.4, 0.5) is 0 Å². The van der Waals surface area contributed by atoms with Crippen LogP contribution in [0.5, 0.6) is 0 Å². The number of amidine groups is 1. The predicted molar refractivity (Wildman–Crippen MR) is 57.5 cm³/mol. The molecular formula is C10H19N3O2. The largest absolute Gasteiger partial charge is 0.409 e. The van der Waals surface area contributed by atoms with Gasteiger partial charge >= 0.3 is 0 Å². The van der Waals surface area contributed by atoms with E-state index in [1.807, 2.05) is 6.92 Å². The summed E-state index contributed by atoms with van der Waals surface area (Å²) in [6, 6.07) is 0.294. The third-order valence-electron chi connectivity index (χ3n) is 2.97. The van der Waals surface area contributed by atoms with Crippen molar-refractivity contribution in [3.05, 3.63) is 0 Å². The van der Waals surface area contributed by atoms with Crippen LogP contribution in [0, 0.1) is 11.8 Å². The molecule has 0 saturated heterocycles. The van der Waals surface area contributed by atoms with E-state index in [-0.39, 0.29) is 11.7 Å². The highest BCUT2D eigenvalue weighted by atomic mass is 16.4. The van der Waals surface area contributed by atoms with Crippen LogP contribution in [0.25, 0.3) is 0 Å². The molecule has 0 aromatic rings. The van der Waals surface area contributed by atoms with Gasteiger partial charge in [-0.15, -0.1) is 0 Å². The Morgan fingerprint density at radius 3 is 2.73 bits per heavy atom. The van der Waals surface area contributed by atoms with Crippen LogP contribution in [0.1, 0.15) is 33.1 Å². The molecule has 1 aliphatic carbocycles. The summed E-state index contributed by atoms with van der Waals surface area (Å²) in [5.74, 6) is -0.0377. The van der Waals surface area contributed by atoms with Crippen molar-refractivity contribution in [3.8, 4) is 0 Å². The molecule has 0 radical (unpaired) electrons. The molecule has 0 bridgehead atoms. The lowest BCUT2D eigenvalue weighted by atomic mass is 10.0. The molecule has 1 saturated carbocycles. The number of nitrogens with two attached hydrogens (primary N) is 1. The van der Waals surface area contributed by atoms with Crippen LogP contribution < -0.4 is 11.1 Å². The van der Waals surface area contributed by atoms with Crippen molar-refractivity contribution in [1.29, 1.82) is 0 Å². The highest BCUT2D eigenvalue weighted by Crippen LogP contribution is 2.33. The van der Waals surface area contributed by atoms with Crippen LogP contribution in [-0.4, -0.2) is 23.0 Å². The minimum absolute atomic E-state index is 0.0105. The molecule has 15 heavy (non-hydrogen) atoms. The summed E-state index contributed by atoms with van der Waals surface area (Å²) in [6.07, 6.45) is 2.69. The number of rotatable bonds is 5. The monoisotopic (exact) mass is 213 g/mol. The van der Waals surface area contributed by atoms with Crippen LogP contribution in [0.2, 0.25) is 0 Å². The number of oxime groups is 1. The number of carbonyl (C=O) groups is 1. The maximum Gasteiger partial charge on any atom is 0.231 e. The molecule has 1 aliphatic rings. The van der Waals surface area contributed by atoms with Crippen molar-refractivity contribution in [3.63, 3.8) is 0 Å². The number of nitrogens with one attached hydrogen (secondary N) is 1. The Morgan fingerprint density at radius 1 is 1.67 bits per heavy atom. The zero-order chi connectivity index (χ0) is 11.4. The van der Waals surface area contributed by atoms with Gasteiger partial charge < -0.3 is 16.3 Å². The third-order valence-corrected chi connectivity index (χ3v) is 2.97. The molecule has 1 fully saturated rings. The van der Waals surface area contributed by atoms with E-state index in [9.17, 15) is 4.79 Å². The molecule has 1 amide bonds. The lowest BCUT2D eigenvalue weighted by molar-refractivity contribution is -0.123. The van der Waals surface area contributed by atoms with E-state index in [1.165, 1.54) is 0 Å². The van der Waals surface area contributed by atoms with Gasteiger partial charge in [0, 0.05) is 6.04 Å². The molecule has 0 aromatic heterocycles. The minimum Gasteiger partial charge on any atom is -0.409 e. The van der Waals surface area contributed by atoms with E-state index in [2.05, 4.69) is 17.4 Å². The van der Waals surface area contributed by atoms with E-state index in [4.69, 9.17) is 10.9 Å². The average Bonchev–Trinajstić information content (AvgIpc) is 2.97. The third kappa shape index (κ3) is 2.84. The van der Waals surface area contributed by atoms with Gasteiger partial charge in [0.2, 0.25) is 5.91 Å². The van der Waals surface area contributed by atoms with Gasteiger partial charge in [0.05, 0.1) is 5.92 Å². The summed E-state index contributed by atoms with van der Waals surface area (Å²) in [6.45, 7) is 3.95. The fourth-order valence-corrected chi connectivity index (χ4v) is 1.76. The van der Waals surface area contributed by atoms with Gasteiger partial charge in [-0.1, -0.05) is 25.4 Å². The lowest BCUT2D eigenvalue weighted by Crippen LogP contribution is -2.40. The molecule has 0 spiro atoms. The maximum absolute atomic E-state index is 11.7. The molecular weight excluding hydrogens is 194 g/mol. The second-order valence-electron chi connectivity index (χ2n) is 4.00. The van der Waals surface area contributed by atoms with E-state index in [1.54, 1.807) is 0 Å². The first-order valence-corrected chi connectivity index (χ1v) is 5.41. The zero-order valence-electron chi connectivity index (χ0n) is 9.23. The molecule has 3 unspecified atom stereocenters. The Labute approximate surface area is 89.7 Å². The van der Waals surface area contributed by atoms with Crippen LogP contribution in [0.3, 0.4) is 0 Å². The Morgan fingerprint density at radius 2 is 2.33 bits per heavy atom. The summed E-state index contributed by atoms with van der Waals surface area (Å²) in [4.78, 5) is 11.7. The standard InChI is InChI=1S/C10H19N3O2/c1-3-6-5-8(6)12-10(14)7(4-2)9(11)13-15/h6-8,15H,3-5H2,1-2H3,(H2,11,13)(H,12,14). The Balaban J connectivity index is 2.44. The van der Waals surface area contributed by atoms with E-state index in [0.717, 1.165) is 12.8 Å². The summed E-state index contributed by atoms with van der Waals surface area (Å²) in [5, 5.41) is 14.3. The van der Waals surface area contributed by atoms with Gasteiger partial charge in [0.15, 0.2) is 5.84 Å². The average molecular weight is 213 g/mol. The van der Waals surface area contributed by atoms with Crippen molar-refractivity contribution in [2.45, 2.75) is 39.2 Å². The number of hydrogen-bond donors (Lipinski definition) is 3. The molecule has 0 aliphatic heterocycles. The Hall–Kier alpha value is -1.26. The SMILES string of the molecule is CCC(C(=O)NC1CC1CC)C(N)=NO.